The molecular formula is C14H26N2O2. The third-order valence-electron chi connectivity index (χ3n) is 3.94. The summed E-state index contributed by atoms with van der Waals surface area (Å²) in [6, 6.07) is 0.279. The molecule has 0 aromatic carbocycles. The number of nitrogens with zero attached hydrogens (tertiary/aromatic N) is 1. The van der Waals surface area contributed by atoms with Crippen LogP contribution in [0.5, 0.6) is 0 Å². The van der Waals surface area contributed by atoms with E-state index in [-0.39, 0.29) is 17.6 Å². The molecule has 0 bridgehead atoms. The molecule has 2 aliphatic rings. The molecule has 0 saturated carbocycles. The molecule has 2 atom stereocenters. The first-order valence-corrected chi connectivity index (χ1v) is 7.10. The van der Waals surface area contributed by atoms with Crippen molar-refractivity contribution in [1.29, 1.82) is 0 Å². The van der Waals surface area contributed by atoms with Crippen molar-refractivity contribution in [1.82, 2.24) is 10.2 Å². The number of rotatable bonds is 3. The number of likely N-dealkylation sites (tertiary alicyclic amines) is 1. The summed E-state index contributed by atoms with van der Waals surface area (Å²) in [4.78, 5) is 14.2. The second-order valence-electron chi connectivity index (χ2n) is 6.49. The van der Waals surface area contributed by atoms with E-state index in [0.717, 1.165) is 38.5 Å². The molecule has 0 aromatic rings. The van der Waals surface area contributed by atoms with Gasteiger partial charge >= 0.3 is 0 Å². The van der Waals surface area contributed by atoms with Crippen molar-refractivity contribution >= 4 is 5.91 Å². The molecule has 2 fully saturated rings. The Hall–Kier alpha value is -0.610. The maximum absolute atomic E-state index is 12.0. The Balaban J connectivity index is 1.74. The third kappa shape index (κ3) is 3.95. The van der Waals surface area contributed by atoms with Gasteiger partial charge in [0.15, 0.2) is 0 Å². The topological polar surface area (TPSA) is 41.6 Å². The summed E-state index contributed by atoms with van der Waals surface area (Å²) in [6.45, 7) is 9.86. The average Bonchev–Trinajstić information content (AvgIpc) is 2.62. The fraction of sp³-hybridized carbons (Fsp3) is 0.929. The molecule has 2 heterocycles. The molecule has 18 heavy (non-hydrogen) atoms. The van der Waals surface area contributed by atoms with Gasteiger partial charge in [-0.05, 0) is 45.6 Å². The van der Waals surface area contributed by atoms with Crippen molar-refractivity contribution in [3.8, 4) is 0 Å². The van der Waals surface area contributed by atoms with Crippen LogP contribution in [0.2, 0.25) is 0 Å². The van der Waals surface area contributed by atoms with E-state index in [4.69, 9.17) is 4.74 Å². The van der Waals surface area contributed by atoms with Crippen LogP contribution in [0.15, 0.2) is 0 Å². The quantitative estimate of drug-likeness (QED) is 0.828. The van der Waals surface area contributed by atoms with E-state index in [1.54, 1.807) is 0 Å². The zero-order valence-electron chi connectivity index (χ0n) is 11.9. The second kappa shape index (κ2) is 5.57. The zero-order chi connectivity index (χ0) is 13.2. The van der Waals surface area contributed by atoms with E-state index in [1.165, 1.54) is 6.42 Å². The number of carbonyl (C=O) groups excluding carboxylic acids is 1. The Kier molecular flexibility index (Phi) is 4.28. The molecule has 4 nitrogen and oxygen atoms in total. The lowest BCUT2D eigenvalue weighted by Gasteiger charge is -2.36. The molecule has 0 radical (unpaired) electrons. The van der Waals surface area contributed by atoms with E-state index in [1.807, 2.05) is 0 Å². The Morgan fingerprint density at radius 3 is 2.83 bits per heavy atom. The van der Waals surface area contributed by atoms with Crippen LogP contribution in [0.3, 0.4) is 0 Å². The van der Waals surface area contributed by atoms with Crippen molar-refractivity contribution in [2.24, 2.45) is 5.92 Å². The number of hydrogen-bond donors (Lipinski definition) is 1. The second-order valence-corrected chi connectivity index (χ2v) is 6.49. The van der Waals surface area contributed by atoms with Crippen LogP contribution in [-0.2, 0) is 9.53 Å². The summed E-state index contributed by atoms with van der Waals surface area (Å²) in [5, 5.41) is 3.16. The highest BCUT2D eigenvalue weighted by Gasteiger charge is 2.30. The van der Waals surface area contributed by atoms with Gasteiger partial charge in [0.1, 0.15) is 0 Å². The number of hydrogen-bond acceptors (Lipinski definition) is 3. The minimum Gasteiger partial charge on any atom is -0.375 e. The Labute approximate surface area is 110 Å². The van der Waals surface area contributed by atoms with Gasteiger partial charge in [-0.1, -0.05) is 6.92 Å². The largest absolute Gasteiger partial charge is 0.375 e. The molecule has 104 valence electrons. The Morgan fingerprint density at radius 1 is 1.44 bits per heavy atom. The van der Waals surface area contributed by atoms with E-state index in [2.05, 4.69) is 31.0 Å². The van der Waals surface area contributed by atoms with Crippen LogP contribution in [0.4, 0.5) is 0 Å². The summed E-state index contributed by atoms with van der Waals surface area (Å²) in [7, 11) is 0. The highest BCUT2D eigenvalue weighted by molar-refractivity contribution is 5.78. The highest BCUT2D eigenvalue weighted by Crippen LogP contribution is 2.23. The van der Waals surface area contributed by atoms with E-state index in [0.29, 0.717) is 6.54 Å². The van der Waals surface area contributed by atoms with Crippen LogP contribution < -0.4 is 5.32 Å². The minimum atomic E-state index is -0.0989. The summed E-state index contributed by atoms with van der Waals surface area (Å²) in [5.41, 5.74) is -0.0989. The molecule has 0 aliphatic carbocycles. The van der Waals surface area contributed by atoms with Gasteiger partial charge in [0.2, 0.25) is 5.91 Å². The van der Waals surface area contributed by atoms with Crippen molar-refractivity contribution < 1.29 is 9.53 Å². The fourth-order valence-electron chi connectivity index (χ4n) is 3.00. The summed E-state index contributed by atoms with van der Waals surface area (Å²) < 4.78 is 5.66. The molecular weight excluding hydrogens is 228 g/mol. The summed E-state index contributed by atoms with van der Waals surface area (Å²) >= 11 is 0. The third-order valence-corrected chi connectivity index (χ3v) is 3.94. The van der Waals surface area contributed by atoms with Gasteiger partial charge < -0.3 is 10.1 Å². The van der Waals surface area contributed by atoms with Crippen molar-refractivity contribution in [3.05, 3.63) is 0 Å². The van der Waals surface area contributed by atoms with Gasteiger partial charge in [-0.15, -0.1) is 0 Å². The molecule has 0 aromatic heterocycles. The summed E-state index contributed by atoms with van der Waals surface area (Å²) in [5.74, 6) is 0.909. The summed E-state index contributed by atoms with van der Waals surface area (Å²) in [6.07, 6.45) is 3.07. The van der Waals surface area contributed by atoms with Gasteiger partial charge in [0.25, 0.3) is 0 Å². The van der Waals surface area contributed by atoms with E-state index < -0.39 is 0 Å². The molecule has 0 unspecified atom stereocenters. The van der Waals surface area contributed by atoms with Gasteiger partial charge in [0.05, 0.1) is 12.1 Å². The van der Waals surface area contributed by atoms with E-state index in [9.17, 15) is 4.79 Å². The first-order valence-electron chi connectivity index (χ1n) is 7.10. The smallest absolute Gasteiger partial charge is 0.234 e. The van der Waals surface area contributed by atoms with Crippen LogP contribution >= 0.6 is 0 Å². The average molecular weight is 254 g/mol. The molecule has 2 aliphatic heterocycles. The zero-order valence-corrected chi connectivity index (χ0v) is 11.9. The number of amides is 1. The van der Waals surface area contributed by atoms with E-state index >= 15 is 0 Å². The van der Waals surface area contributed by atoms with Gasteiger partial charge in [0, 0.05) is 19.2 Å². The van der Waals surface area contributed by atoms with Gasteiger partial charge in [-0.3, -0.25) is 9.69 Å². The highest BCUT2D eigenvalue weighted by atomic mass is 16.5. The monoisotopic (exact) mass is 254 g/mol. The predicted molar refractivity (Wildman–Crippen MR) is 71.4 cm³/mol. The predicted octanol–water partition coefficient (Wildman–Crippen LogP) is 1.40. The lowest BCUT2D eigenvalue weighted by Crippen LogP contribution is -2.48. The maximum Gasteiger partial charge on any atom is 0.234 e. The van der Waals surface area contributed by atoms with Gasteiger partial charge in [-0.25, -0.2) is 0 Å². The Bertz CT molecular complexity index is 304. The van der Waals surface area contributed by atoms with Crippen LogP contribution in [0.1, 0.15) is 40.0 Å². The van der Waals surface area contributed by atoms with Crippen molar-refractivity contribution in [2.45, 2.75) is 51.7 Å². The fourth-order valence-corrected chi connectivity index (χ4v) is 3.00. The SMILES string of the molecule is C[C@H]1CCN(CC(=O)N[C@@H]2CCOC(C)(C)C2)C1. The maximum atomic E-state index is 12.0. The minimum absolute atomic E-state index is 0.0989. The van der Waals surface area contributed by atoms with Crippen molar-refractivity contribution in [3.63, 3.8) is 0 Å². The number of ether oxygens (including phenoxy) is 1. The first kappa shape index (κ1) is 13.8. The Morgan fingerprint density at radius 2 is 2.22 bits per heavy atom. The molecule has 2 rings (SSSR count). The van der Waals surface area contributed by atoms with Crippen LogP contribution in [0, 0.1) is 5.92 Å². The van der Waals surface area contributed by atoms with Gasteiger partial charge in [-0.2, -0.15) is 0 Å². The molecule has 4 heteroatoms. The standard InChI is InChI=1S/C14H26N2O2/c1-11-4-6-16(9-11)10-13(17)15-12-5-7-18-14(2,3)8-12/h11-12H,4-10H2,1-3H3,(H,15,17)/t11-,12+/m0/s1. The lowest BCUT2D eigenvalue weighted by atomic mass is 9.94. The molecule has 1 N–H and O–H groups in total. The normalized spacial score (nSPS) is 32.4. The van der Waals surface area contributed by atoms with Crippen LogP contribution in [0.25, 0.3) is 0 Å². The van der Waals surface area contributed by atoms with Crippen LogP contribution in [-0.4, -0.2) is 48.7 Å². The van der Waals surface area contributed by atoms with Crippen molar-refractivity contribution in [2.75, 3.05) is 26.2 Å². The molecule has 0 spiro atoms. The number of carbonyl (C=O) groups is 1. The first-order chi connectivity index (χ1) is 8.44. The lowest BCUT2D eigenvalue weighted by molar-refractivity contribution is -0.125. The molecule has 2 saturated heterocycles. The number of nitrogens with one attached hydrogen (secondary N) is 1. The molecule has 1 amide bonds.